The molecule has 1 saturated heterocycles. The first-order chi connectivity index (χ1) is 12.6. The van der Waals surface area contributed by atoms with E-state index in [2.05, 4.69) is 11.9 Å². The summed E-state index contributed by atoms with van der Waals surface area (Å²) in [5, 5.41) is 10.1. The number of likely N-dealkylation sites (tertiary alicyclic amines) is 1. The van der Waals surface area contributed by atoms with Crippen LogP contribution in [0.2, 0.25) is 0 Å². The Hall–Kier alpha value is -2.41. The second-order valence-electron chi connectivity index (χ2n) is 6.78. The van der Waals surface area contributed by atoms with Crippen molar-refractivity contribution in [1.82, 2.24) is 14.9 Å². The van der Waals surface area contributed by atoms with E-state index in [-0.39, 0.29) is 18.5 Å². The Morgan fingerprint density at radius 3 is 3.04 bits per heavy atom. The third-order valence-corrected chi connectivity index (χ3v) is 4.92. The molecule has 0 bridgehead atoms. The van der Waals surface area contributed by atoms with E-state index in [1.54, 1.807) is 4.90 Å². The standard InChI is InChI=1S/C19H25N3O4/c1-2-3-7-14(12-21(25)13-23)19(24)22-11-6-9-16(22)18-20-15-8-4-5-10-17(15)26-18/h4-5,8,10,13-14,16,25H,2-3,6-7,9,11-12H2,1H3/t14-,16?/m1/s1. The van der Waals surface area contributed by atoms with Crippen molar-refractivity contribution < 1.29 is 19.2 Å². The number of para-hydroxylation sites is 2. The lowest BCUT2D eigenvalue weighted by molar-refractivity contribution is -0.157. The fraction of sp³-hybridized carbons (Fsp3) is 0.526. The summed E-state index contributed by atoms with van der Waals surface area (Å²) in [6, 6.07) is 7.36. The first-order valence-corrected chi connectivity index (χ1v) is 9.20. The van der Waals surface area contributed by atoms with Crippen LogP contribution in [0.4, 0.5) is 0 Å². The fourth-order valence-corrected chi connectivity index (χ4v) is 3.57. The van der Waals surface area contributed by atoms with E-state index < -0.39 is 5.92 Å². The summed E-state index contributed by atoms with van der Waals surface area (Å²) in [5.74, 6) is 0.0850. The summed E-state index contributed by atoms with van der Waals surface area (Å²) in [6.45, 7) is 2.70. The normalized spacial score (nSPS) is 18.2. The molecule has 1 fully saturated rings. The molecule has 0 aliphatic carbocycles. The Bertz CT molecular complexity index is 727. The number of carbonyl (C=O) groups excluding carboxylic acids is 2. The molecule has 2 atom stereocenters. The molecule has 2 aromatic rings. The van der Waals surface area contributed by atoms with E-state index in [1.807, 2.05) is 24.3 Å². The zero-order chi connectivity index (χ0) is 18.5. The third kappa shape index (κ3) is 3.88. The molecule has 2 heterocycles. The van der Waals surface area contributed by atoms with Crippen LogP contribution in [0.5, 0.6) is 0 Å². The Labute approximate surface area is 152 Å². The Morgan fingerprint density at radius 2 is 2.31 bits per heavy atom. The number of aromatic nitrogens is 1. The van der Waals surface area contributed by atoms with E-state index in [1.165, 1.54) is 0 Å². The smallest absolute Gasteiger partial charge is 0.233 e. The number of oxazole rings is 1. The highest BCUT2D eigenvalue weighted by molar-refractivity contribution is 5.80. The van der Waals surface area contributed by atoms with Gasteiger partial charge in [-0.1, -0.05) is 31.9 Å². The molecule has 1 aliphatic heterocycles. The van der Waals surface area contributed by atoms with Crippen LogP contribution in [0.3, 0.4) is 0 Å². The highest BCUT2D eigenvalue weighted by Gasteiger charge is 2.36. The quantitative estimate of drug-likeness (QED) is 0.444. The zero-order valence-electron chi connectivity index (χ0n) is 15.0. The maximum Gasteiger partial charge on any atom is 0.233 e. The highest BCUT2D eigenvalue weighted by atomic mass is 16.5. The Balaban J connectivity index is 1.80. The monoisotopic (exact) mass is 359 g/mol. The maximum absolute atomic E-state index is 13.1. The van der Waals surface area contributed by atoms with Crippen molar-refractivity contribution >= 4 is 23.4 Å². The summed E-state index contributed by atoms with van der Waals surface area (Å²) in [4.78, 5) is 30.2. The third-order valence-electron chi connectivity index (χ3n) is 4.92. The minimum atomic E-state index is -0.421. The van der Waals surface area contributed by atoms with Crippen LogP contribution in [0.15, 0.2) is 28.7 Å². The molecule has 7 nitrogen and oxygen atoms in total. The number of fused-ring (bicyclic) bond motifs is 1. The van der Waals surface area contributed by atoms with Crippen LogP contribution >= 0.6 is 0 Å². The summed E-state index contributed by atoms with van der Waals surface area (Å²) in [6.07, 6.45) is 4.47. The lowest BCUT2D eigenvalue weighted by atomic mass is 9.99. The van der Waals surface area contributed by atoms with Crippen LogP contribution in [0.1, 0.15) is 51.0 Å². The second kappa shape index (κ2) is 8.31. The van der Waals surface area contributed by atoms with Crippen molar-refractivity contribution in [3.8, 4) is 0 Å². The van der Waals surface area contributed by atoms with Gasteiger partial charge in [-0.2, -0.15) is 0 Å². The predicted molar refractivity (Wildman–Crippen MR) is 95.3 cm³/mol. The van der Waals surface area contributed by atoms with Gasteiger partial charge in [0.2, 0.25) is 18.2 Å². The van der Waals surface area contributed by atoms with Crippen molar-refractivity contribution in [3.63, 3.8) is 0 Å². The van der Waals surface area contributed by atoms with Gasteiger partial charge in [-0.15, -0.1) is 0 Å². The van der Waals surface area contributed by atoms with Gasteiger partial charge in [-0.25, -0.2) is 10.0 Å². The first-order valence-electron chi connectivity index (χ1n) is 9.20. The molecule has 1 N–H and O–H groups in total. The molecule has 1 aromatic heterocycles. The molecule has 0 saturated carbocycles. The van der Waals surface area contributed by atoms with Gasteiger partial charge in [-0.05, 0) is 31.4 Å². The van der Waals surface area contributed by atoms with E-state index in [9.17, 15) is 14.8 Å². The topological polar surface area (TPSA) is 86.9 Å². The summed E-state index contributed by atoms with van der Waals surface area (Å²) >= 11 is 0. The fourth-order valence-electron chi connectivity index (χ4n) is 3.57. The van der Waals surface area contributed by atoms with Crippen molar-refractivity contribution in [2.45, 2.75) is 45.1 Å². The lowest BCUT2D eigenvalue weighted by Crippen LogP contribution is -2.40. The zero-order valence-corrected chi connectivity index (χ0v) is 15.0. The van der Waals surface area contributed by atoms with Gasteiger partial charge in [0, 0.05) is 6.54 Å². The highest BCUT2D eigenvalue weighted by Crippen LogP contribution is 2.34. The molecule has 1 aromatic carbocycles. The molecule has 26 heavy (non-hydrogen) atoms. The lowest BCUT2D eigenvalue weighted by Gasteiger charge is -2.28. The first kappa shape index (κ1) is 18.4. The van der Waals surface area contributed by atoms with Crippen LogP contribution < -0.4 is 0 Å². The summed E-state index contributed by atoms with van der Waals surface area (Å²) < 4.78 is 5.87. The number of unbranched alkanes of at least 4 members (excludes halogenated alkanes) is 1. The number of hydrogen-bond donors (Lipinski definition) is 1. The minimum Gasteiger partial charge on any atom is -0.438 e. The largest absolute Gasteiger partial charge is 0.438 e. The number of amides is 2. The molecule has 1 unspecified atom stereocenters. The van der Waals surface area contributed by atoms with Gasteiger partial charge in [-0.3, -0.25) is 14.8 Å². The molecule has 2 amide bonds. The molecule has 0 spiro atoms. The van der Waals surface area contributed by atoms with Crippen molar-refractivity contribution in [3.05, 3.63) is 30.2 Å². The van der Waals surface area contributed by atoms with Crippen molar-refractivity contribution in [2.24, 2.45) is 5.92 Å². The molecular weight excluding hydrogens is 334 g/mol. The van der Waals surface area contributed by atoms with Crippen LogP contribution in [-0.4, -0.2) is 45.6 Å². The Kier molecular flexibility index (Phi) is 5.88. The van der Waals surface area contributed by atoms with Crippen LogP contribution in [0, 0.1) is 5.92 Å². The van der Waals surface area contributed by atoms with Gasteiger partial charge in [0.05, 0.1) is 12.5 Å². The number of carbonyl (C=O) groups is 2. The van der Waals surface area contributed by atoms with Gasteiger partial charge in [0.1, 0.15) is 11.6 Å². The van der Waals surface area contributed by atoms with Gasteiger partial charge in [0.25, 0.3) is 0 Å². The number of rotatable bonds is 8. The van der Waals surface area contributed by atoms with E-state index >= 15 is 0 Å². The summed E-state index contributed by atoms with van der Waals surface area (Å²) in [7, 11) is 0. The maximum atomic E-state index is 13.1. The van der Waals surface area contributed by atoms with Crippen molar-refractivity contribution in [1.29, 1.82) is 0 Å². The average Bonchev–Trinajstić information content (AvgIpc) is 3.30. The van der Waals surface area contributed by atoms with Gasteiger partial charge < -0.3 is 9.32 Å². The minimum absolute atomic E-state index is 0.0130. The number of hydroxylamine groups is 2. The molecule has 3 rings (SSSR count). The van der Waals surface area contributed by atoms with E-state index in [4.69, 9.17) is 4.42 Å². The molecule has 0 radical (unpaired) electrons. The van der Waals surface area contributed by atoms with E-state index in [0.29, 0.717) is 35.9 Å². The Morgan fingerprint density at radius 1 is 1.50 bits per heavy atom. The van der Waals surface area contributed by atoms with Gasteiger partial charge in [0.15, 0.2) is 5.58 Å². The van der Waals surface area contributed by atoms with Crippen LogP contribution in [-0.2, 0) is 9.59 Å². The van der Waals surface area contributed by atoms with E-state index in [0.717, 1.165) is 31.2 Å². The van der Waals surface area contributed by atoms with Gasteiger partial charge >= 0.3 is 0 Å². The molecule has 1 aliphatic rings. The number of benzene rings is 1. The second-order valence-corrected chi connectivity index (χ2v) is 6.78. The van der Waals surface area contributed by atoms with Crippen LogP contribution in [0.25, 0.3) is 11.1 Å². The number of hydrogen-bond acceptors (Lipinski definition) is 5. The molecular formula is C19H25N3O4. The average molecular weight is 359 g/mol. The molecule has 7 heteroatoms. The number of nitrogens with zero attached hydrogens (tertiary/aromatic N) is 3. The van der Waals surface area contributed by atoms with Crippen molar-refractivity contribution in [2.75, 3.05) is 13.1 Å². The predicted octanol–water partition coefficient (Wildman–Crippen LogP) is 3.15. The molecule has 140 valence electrons. The SMILES string of the molecule is CCCC[C@H](CN(O)C=O)C(=O)N1CCCC1c1nc2ccccc2o1. The summed E-state index contributed by atoms with van der Waals surface area (Å²) in [5.41, 5.74) is 1.50.